The van der Waals surface area contributed by atoms with Crippen molar-refractivity contribution in [3.05, 3.63) is 33.4 Å². The molecule has 0 radical (unpaired) electrons. The number of hydrogen-bond acceptors (Lipinski definition) is 2. The van der Waals surface area contributed by atoms with Gasteiger partial charge >= 0.3 is 5.97 Å². The van der Waals surface area contributed by atoms with Gasteiger partial charge in [0.05, 0.1) is 0 Å². The number of carboxylic acids is 1. The van der Waals surface area contributed by atoms with E-state index < -0.39 is 11.5 Å². The van der Waals surface area contributed by atoms with Crippen molar-refractivity contribution in [2.24, 2.45) is 0 Å². The van der Waals surface area contributed by atoms with Crippen LogP contribution in [0.15, 0.2) is 24.3 Å². The third-order valence-corrected chi connectivity index (χ3v) is 3.27. The van der Waals surface area contributed by atoms with Gasteiger partial charge in [0.1, 0.15) is 5.54 Å². The minimum atomic E-state index is -1.02. The lowest BCUT2D eigenvalue weighted by atomic mass is 10.2. The molecule has 0 aromatic heterocycles. The smallest absolute Gasteiger partial charge is 0.329 e. The Morgan fingerprint density at radius 2 is 2.06 bits per heavy atom. The molecule has 0 atom stereocenters. The Labute approximate surface area is 106 Å². The van der Waals surface area contributed by atoms with Crippen LogP contribution in [0, 0.1) is 3.57 Å². The largest absolute Gasteiger partial charge is 0.480 e. The van der Waals surface area contributed by atoms with Crippen molar-refractivity contribution in [2.75, 3.05) is 0 Å². The molecular weight excluding hydrogens is 321 g/mol. The first-order valence-electron chi connectivity index (χ1n) is 4.85. The Bertz CT molecular complexity index is 454. The molecule has 1 amide bonds. The Balaban J connectivity index is 2.12. The second-order valence-corrected chi connectivity index (χ2v) is 5.10. The molecule has 1 saturated carbocycles. The first-order valence-corrected chi connectivity index (χ1v) is 5.93. The van der Waals surface area contributed by atoms with Crippen LogP contribution in [-0.4, -0.2) is 22.5 Å². The van der Waals surface area contributed by atoms with E-state index in [0.29, 0.717) is 18.4 Å². The Morgan fingerprint density at radius 3 is 2.56 bits per heavy atom. The highest BCUT2D eigenvalue weighted by atomic mass is 127. The molecule has 1 aromatic rings. The van der Waals surface area contributed by atoms with Crippen molar-refractivity contribution in [1.29, 1.82) is 0 Å². The molecule has 0 spiro atoms. The number of carboxylic acid groups (broad SMARTS) is 1. The van der Waals surface area contributed by atoms with Gasteiger partial charge in [0.15, 0.2) is 0 Å². The van der Waals surface area contributed by atoms with Crippen LogP contribution < -0.4 is 5.32 Å². The molecule has 1 aliphatic rings. The molecule has 1 fully saturated rings. The predicted octanol–water partition coefficient (Wildman–Crippen LogP) is 1.64. The van der Waals surface area contributed by atoms with Crippen LogP contribution in [0.5, 0.6) is 0 Å². The molecule has 0 aliphatic heterocycles. The topological polar surface area (TPSA) is 66.4 Å². The average Bonchev–Trinajstić information content (AvgIpc) is 2.99. The Morgan fingerprint density at radius 1 is 1.38 bits per heavy atom. The Kier molecular flexibility index (Phi) is 2.88. The van der Waals surface area contributed by atoms with E-state index >= 15 is 0 Å². The summed E-state index contributed by atoms with van der Waals surface area (Å²) >= 11 is 2.11. The first-order chi connectivity index (χ1) is 7.53. The van der Waals surface area contributed by atoms with Crippen LogP contribution in [0.2, 0.25) is 0 Å². The maximum atomic E-state index is 11.8. The lowest BCUT2D eigenvalue weighted by molar-refractivity contribution is -0.140. The minimum absolute atomic E-state index is 0.321. The highest BCUT2D eigenvalue weighted by Gasteiger charge is 2.51. The molecular formula is C11H10INO3. The number of benzene rings is 1. The summed E-state index contributed by atoms with van der Waals surface area (Å²) in [6.45, 7) is 0. The zero-order valence-electron chi connectivity index (χ0n) is 8.37. The van der Waals surface area contributed by atoms with Gasteiger partial charge in [-0.05, 0) is 53.6 Å². The second-order valence-electron chi connectivity index (χ2n) is 3.85. The summed E-state index contributed by atoms with van der Waals surface area (Å²) < 4.78 is 0.949. The number of halogens is 1. The van der Waals surface area contributed by atoms with Crippen molar-refractivity contribution in [1.82, 2.24) is 5.32 Å². The number of rotatable bonds is 3. The van der Waals surface area contributed by atoms with Crippen molar-refractivity contribution in [2.45, 2.75) is 18.4 Å². The summed E-state index contributed by atoms with van der Waals surface area (Å²) in [6.07, 6.45) is 1.02. The van der Waals surface area contributed by atoms with Gasteiger partial charge in [-0.25, -0.2) is 4.79 Å². The van der Waals surface area contributed by atoms with E-state index in [1.807, 2.05) is 6.07 Å². The van der Waals surface area contributed by atoms with E-state index in [9.17, 15) is 9.59 Å². The number of carbonyl (C=O) groups is 2. The van der Waals surface area contributed by atoms with Crippen LogP contribution in [-0.2, 0) is 4.79 Å². The lowest BCUT2D eigenvalue weighted by Gasteiger charge is -2.12. The normalized spacial score (nSPS) is 16.6. The highest BCUT2D eigenvalue weighted by molar-refractivity contribution is 14.1. The molecule has 16 heavy (non-hydrogen) atoms. The third kappa shape index (κ3) is 2.18. The van der Waals surface area contributed by atoms with Gasteiger partial charge in [0.25, 0.3) is 5.91 Å². The van der Waals surface area contributed by atoms with Gasteiger partial charge < -0.3 is 10.4 Å². The van der Waals surface area contributed by atoms with E-state index in [0.717, 1.165) is 3.57 Å². The van der Waals surface area contributed by atoms with Gasteiger partial charge in [-0.3, -0.25) is 4.79 Å². The van der Waals surface area contributed by atoms with E-state index in [-0.39, 0.29) is 5.91 Å². The number of nitrogens with one attached hydrogen (secondary N) is 1. The quantitative estimate of drug-likeness (QED) is 0.828. The van der Waals surface area contributed by atoms with Crippen LogP contribution in [0.3, 0.4) is 0 Å². The van der Waals surface area contributed by atoms with Crippen molar-refractivity contribution in [3.63, 3.8) is 0 Å². The highest BCUT2D eigenvalue weighted by Crippen LogP contribution is 2.35. The van der Waals surface area contributed by atoms with Gasteiger partial charge in [-0.1, -0.05) is 6.07 Å². The SMILES string of the molecule is O=C(NC1(C(=O)O)CC1)c1cccc(I)c1. The molecule has 0 saturated heterocycles. The molecule has 2 rings (SSSR count). The first kappa shape index (κ1) is 11.4. The summed E-state index contributed by atoms with van der Waals surface area (Å²) in [6, 6.07) is 7.06. The number of amides is 1. The van der Waals surface area contributed by atoms with E-state index in [1.165, 1.54) is 0 Å². The van der Waals surface area contributed by atoms with Crippen molar-refractivity contribution >= 4 is 34.5 Å². The van der Waals surface area contributed by atoms with E-state index in [1.54, 1.807) is 18.2 Å². The fourth-order valence-corrected chi connectivity index (χ4v) is 1.98. The molecule has 84 valence electrons. The maximum Gasteiger partial charge on any atom is 0.329 e. The van der Waals surface area contributed by atoms with Crippen molar-refractivity contribution in [3.8, 4) is 0 Å². The van der Waals surface area contributed by atoms with Crippen molar-refractivity contribution < 1.29 is 14.7 Å². The molecule has 0 heterocycles. The van der Waals surface area contributed by atoms with Gasteiger partial charge in [0.2, 0.25) is 0 Å². The van der Waals surface area contributed by atoms with E-state index in [2.05, 4.69) is 27.9 Å². The van der Waals surface area contributed by atoms with E-state index in [4.69, 9.17) is 5.11 Å². The summed E-state index contributed by atoms with van der Waals surface area (Å²) in [5.74, 6) is -1.27. The van der Waals surface area contributed by atoms with Crippen LogP contribution in [0.25, 0.3) is 0 Å². The van der Waals surface area contributed by atoms with Crippen LogP contribution >= 0.6 is 22.6 Å². The summed E-state index contributed by atoms with van der Waals surface area (Å²) in [4.78, 5) is 22.7. The average molecular weight is 331 g/mol. The van der Waals surface area contributed by atoms with Crippen LogP contribution in [0.1, 0.15) is 23.2 Å². The van der Waals surface area contributed by atoms with Crippen LogP contribution in [0.4, 0.5) is 0 Å². The number of hydrogen-bond donors (Lipinski definition) is 2. The fourth-order valence-electron chi connectivity index (χ4n) is 1.44. The molecule has 0 bridgehead atoms. The second kappa shape index (κ2) is 4.04. The summed E-state index contributed by atoms with van der Waals surface area (Å²) in [5, 5.41) is 11.5. The molecule has 4 nitrogen and oxygen atoms in total. The van der Waals surface area contributed by atoms with Gasteiger partial charge in [-0.2, -0.15) is 0 Å². The summed E-state index contributed by atoms with van der Waals surface area (Å²) in [7, 11) is 0. The number of aliphatic carboxylic acids is 1. The van der Waals surface area contributed by atoms with Gasteiger partial charge in [-0.15, -0.1) is 0 Å². The summed E-state index contributed by atoms with van der Waals surface area (Å²) in [5.41, 5.74) is -0.516. The lowest BCUT2D eigenvalue weighted by Crippen LogP contribution is -2.43. The fraction of sp³-hybridized carbons (Fsp3) is 0.273. The Hall–Kier alpha value is -1.11. The predicted molar refractivity (Wildman–Crippen MR) is 66.2 cm³/mol. The standard InChI is InChI=1S/C11H10INO3/c12-8-3-1-2-7(6-8)9(14)13-11(4-5-11)10(15)16/h1-3,6H,4-5H2,(H,13,14)(H,15,16). The third-order valence-electron chi connectivity index (χ3n) is 2.60. The van der Waals surface area contributed by atoms with Gasteiger partial charge in [0, 0.05) is 9.13 Å². The molecule has 1 aliphatic carbocycles. The monoisotopic (exact) mass is 331 g/mol. The molecule has 2 N–H and O–H groups in total. The molecule has 5 heteroatoms. The minimum Gasteiger partial charge on any atom is -0.480 e. The molecule has 0 unspecified atom stereocenters. The zero-order valence-corrected chi connectivity index (χ0v) is 10.5. The molecule has 1 aromatic carbocycles. The maximum absolute atomic E-state index is 11.8. The number of carbonyl (C=O) groups excluding carboxylic acids is 1. The zero-order chi connectivity index (χ0) is 11.8.